The first-order chi connectivity index (χ1) is 32.2. The third kappa shape index (κ3) is 5.61. The lowest BCUT2D eigenvalue weighted by Crippen LogP contribution is -2.58. The topological polar surface area (TPSA) is 18.0 Å². The number of anilines is 3. The van der Waals surface area contributed by atoms with Crippen LogP contribution in [-0.2, 0) is 16.2 Å². The zero-order chi connectivity index (χ0) is 45.9. The Morgan fingerprint density at radius 1 is 0.388 bits per heavy atom. The minimum Gasteiger partial charge on any atom is -0.374 e. The lowest BCUT2D eigenvalue weighted by Gasteiger charge is -2.41. The van der Waals surface area contributed by atoms with E-state index in [1.54, 1.807) is 0 Å². The molecule has 0 atom stereocenters. The highest BCUT2D eigenvalue weighted by molar-refractivity contribution is 6.90. The van der Waals surface area contributed by atoms with Crippen LogP contribution in [0.1, 0.15) is 79.0 Å². The summed E-state index contributed by atoms with van der Waals surface area (Å²) in [5.41, 5.74) is 21.2. The molecule has 11 aromatic rings. The molecule has 4 nitrogen and oxygen atoms in total. The van der Waals surface area contributed by atoms with Crippen LogP contribution in [0.15, 0.2) is 170 Å². The lowest BCUT2D eigenvalue weighted by atomic mass is 9.46. The Morgan fingerprint density at radius 2 is 0.955 bits per heavy atom. The minimum atomic E-state index is -0.153. The summed E-state index contributed by atoms with van der Waals surface area (Å²) in [6.45, 7) is 20.9. The molecule has 0 radical (unpaired) electrons. The molecular weight excluding hydrogens is 812 g/mol. The first-order valence-electron chi connectivity index (χ1n) is 24.1. The second kappa shape index (κ2) is 13.7. The maximum Gasteiger partial charge on any atom is 0.351 e. The molecule has 0 bridgehead atoms. The van der Waals surface area contributed by atoms with Crippen LogP contribution >= 0.6 is 0 Å². The zero-order valence-electron chi connectivity index (χ0n) is 40.0. The van der Waals surface area contributed by atoms with E-state index in [1.807, 2.05) is 0 Å². The van der Waals surface area contributed by atoms with Gasteiger partial charge in [-0.15, -0.1) is 0 Å². The van der Waals surface area contributed by atoms with E-state index in [4.69, 9.17) is 0 Å². The van der Waals surface area contributed by atoms with Crippen molar-refractivity contribution in [3.05, 3.63) is 187 Å². The van der Waals surface area contributed by atoms with E-state index in [2.05, 4.69) is 251 Å². The lowest BCUT2D eigenvalue weighted by molar-refractivity contribution is 0.590. The number of aromatic nitrogens is 3. The number of hydrogen-bond donors (Lipinski definition) is 0. The largest absolute Gasteiger partial charge is 0.374 e. The first-order valence-corrected chi connectivity index (χ1v) is 24.1. The standard InChI is InChI=1S/C62H55BN4/c1-60(2,3)38-28-31-43(32-29-38)65-53-36-40(62(7,8)9)35-46-47-37-52-54(44-24-16-18-26-49(44)64(52)41-20-12-10-13-21-41)55-48-34-39(61(4,5)6)30-33-51(48)67(57(47)55)63(56(46)53)59-58(65)45-25-17-19-27-50(45)66(59)42-22-14-11-15-23-42/h10-37H,1-9H3. The quantitative estimate of drug-likeness (QED) is 0.162. The number of rotatable bonds is 3. The van der Waals surface area contributed by atoms with Crippen LogP contribution in [0.2, 0.25) is 0 Å². The summed E-state index contributed by atoms with van der Waals surface area (Å²) in [4.78, 5) is 2.62. The fourth-order valence-corrected chi connectivity index (χ4v) is 11.7. The predicted octanol–water partition coefficient (Wildman–Crippen LogP) is 15.1. The van der Waals surface area contributed by atoms with E-state index in [0.717, 1.165) is 5.69 Å². The van der Waals surface area contributed by atoms with Gasteiger partial charge in [0.2, 0.25) is 0 Å². The molecule has 0 spiro atoms. The molecular formula is C62H55BN4. The van der Waals surface area contributed by atoms with Crippen LogP contribution in [0, 0.1) is 0 Å². The van der Waals surface area contributed by atoms with Crippen molar-refractivity contribution in [2.45, 2.75) is 78.6 Å². The summed E-state index contributed by atoms with van der Waals surface area (Å²) in [6, 6.07) is 64.7. The molecule has 0 unspecified atom stereocenters. The monoisotopic (exact) mass is 866 g/mol. The van der Waals surface area contributed by atoms with E-state index in [9.17, 15) is 0 Å². The average Bonchev–Trinajstić information content (AvgIpc) is 3.96. The highest BCUT2D eigenvalue weighted by Crippen LogP contribution is 2.52. The van der Waals surface area contributed by atoms with Gasteiger partial charge in [-0.2, -0.15) is 0 Å². The van der Waals surface area contributed by atoms with Crippen molar-refractivity contribution in [2.75, 3.05) is 4.90 Å². The molecule has 0 saturated heterocycles. The van der Waals surface area contributed by atoms with E-state index in [1.165, 1.54) is 116 Å². The summed E-state index contributed by atoms with van der Waals surface area (Å²) >= 11 is 0. The third-order valence-corrected chi connectivity index (χ3v) is 15.0. The Balaban J connectivity index is 1.29. The molecule has 5 heteroatoms. The zero-order valence-corrected chi connectivity index (χ0v) is 40.0. The van der Waals surface area contributed by atoms with Gasteiger partial charge < -0.3 is 18.5 Å². The van der Waals surface area contributed by atoms with Gasteiger partial charge in [-0.05, 0) is 117 Å². The molecule has 3 aromatic heterocycles. The highest BCUT2D eigenvalue weighted by Gasteiger charge is 2.47. The van der Waals surface area contributed by atoms with Crippen molar-refractivity contribution in [1.29, 1.82) is 0 Å². The fourth-order valence-electron chi connectivity index (χ4n) is 11.7. The number of para-hydroxylation sites is 4. The Kier molecular flexibility index (Phi) is 8.18. The van der Waals surface area contributed by atoms with Crippen molar-refractivity contribution in [2.24, 2.45) is 0 Å². The number of nitrogens with zero attached hydrogens (tertiary/aromatic N) is 4. The van der Waals surface area contributed by atoms with Gasteiger partial charge >= 0.3 is 6.85 Å². The Bertz CT molecular complexity index is 3840. The summed E-state index contributed by atoms with van der Waals surface area (Å²) in [6.07, 6.45) is 0. The van der Waals surface area contributed by atoms with Crippen LogP contribution in [-0.4, -0.2) is 20.5 Å². The maximum atomic E-state index is 2.76. The van der Waals surface area contributed by atoms with Crippen molar-refractivity contribution in [3.63, 3.8) is 0 Å². The molecule has 67 heavy (non-hydrogen) atoms. The maximum absolute atomic E-state index is 2.76. The smallest absolute Gasteiger partial charge is 0.351 e. The van der Waals surface area contributed by atoms with Crippen LogP contribution in [0.3, 0.4) is 0 Å². The molecule has 0 saturated carbocycles. The van der Waals surface area contributed by atoms with Gasteiger partial charge in [-0.1, -0.05) is 159 Å². The van der Waals surface area contributed by atoms with Crippen LogP contribution in [0.25, 0.3) is 77.0 Å². The molecule has 0 N–H and O–H groups in total. The summed E-state index contributed by atoms with van der Waals surface area (Å²) in [5, 5.41) is 6.46. The fraction of sp³-hybridized carbons (Fsp3) is 0.194. The summed E-state index contributed by atoms with van der Waals surface area (Å²) in [7, 11) is 0. The van der Waals surface area contributed by atoms with Crippen molar-refractivity contribution in [1.82, 2.24) is 13.6 Å². The molecule has 5 heterocycles. The molecule has 2 aliphatic heterocycles. The molecule has 8 aromatic carbocycles. The van der Waals surface area contributed by atoms with Crippen molar-refractivity contribution >= 4 is 89.5 Å². The van der Waals surface area contributed by atoms with Gasteiger partial charge in [0.15, 0.2) is 0 Å². The second-order valence-electron chi connectivity index (χ2n) is 22.2. The Morgan fingerprint density at radius 3 is 1.60 bits per heavy atom. The van der Waals surface area contributed by atoms with Crippen molar-refractivity contribution < 1.29 is 0 Å². The molecule has 326 valence electrons. The SMILES string of the molecule is CC(C)(C)c1ccc(N2c3cc(C(C)(C)C)cc4c3B(c3c2c2ccccc2n3-c2ccccc2)n2c3ccc(C(C)(C)C)cc3c3c5c6ccccc6n(-c6ccccc6)c5cc-4c32)cc1. The molecule has 13 rings (SSSR count). The van der Waals surface area contributed by atoms with E-state index >= 15 is 0 Å². The molecule has 2 aliphatic rings. The average molecular weight is 867 g/mol. The van der Waals surface area contributed by atoms with E-state index in [0.29, 0.717) is 0 Å². The van der Waals surface area contributed by atoms with Crippen molar-refractivity contribution in [3.8, 4) is 22.5 Å². The van der Waals surface area contributed by atoms with Crippen LogP contribution in [0.5, 0.6) is 0 Å². The van der Waals surface area contributed by atoms with Gasteiger partial charge in [0.1, 0.15) is 0 Å². The van der Waals surface area contributed by atoms with Gasteiger partial charge in [-0.25, -0.2) is 0 Å². The minimum absolute atomic E-state index is 0.0241. The predicted molar refractivity (Wildman–Crippen MR) is 287 cm³/mol. The second-order valence-corrected chi connectivity index (χ2v) is 22.2. The highest BCUT2D eigenvalue weighted by atomic mass is 15.2. The first kappa shape index (κ1) is 40.1. The number of hydrogen-bond acceptors (Lipinski definition) is 1. The van der Waals surface area contributed by atoms with Gasteiger partial charge in [0, 0.05) is 71.9 Å². The molecule has 0 amide bonds. The normalized spacial score (nSPS) is 13.7. The van der Waals surface area contributed by atoms with E-state index in [-0.39, 0.29) is 23.1 Å². The molecule has 0 fully saturated rings. The van der Waals surface area contributed by atoms with Crippen LogP contribution in [0.4, 0.5) is 17.1 Å². The van der Waals surface area contributed by atoms with Gasteiger partial charge in [0.25, 0.3) is 0 Å². The molecule has 0 aliphatic carbocycles. The van der Waals surface area contributed by atoms with Gasteiger partial charge in [-0.3, -0.25) is 0 Å². The van der Waals surface area contributed by atoms with Crippen LogP contribution < -0.4 is 16.0 Å². The third-order valence-electron chi connectivity index (χ3n) is 15.0. The number of fused-ring (bicyclic) bond motifs is 13. The van der Waals surface area contributed by atoms with Gasteiger partial charge in [0.05, 0.1) is 22.2 Å². The van der Waals surface area contributed by atoms with E-state index < -0.39 is 0 Å². The Labute approximate surface area is 393 Å². The Hall–Kier alpha value is -7.24. The number of benzene rings is 8. The summed E-state index contributed by atoms with van der Waals surface area (Å²) < 4.78 is 7.86. The summed E-state index contributed by atoms with van der Waals surface area (Å²) in [5.74, 6) is 0.